The number of methoxy groups -OCH3 is 1. The van der Waals surface area contributed by atoms with E-state index in [1.54, 1.807) is 7.11 Å². The average Bonchev–Trinajstić information content (AvgIpc) is 2.98. The van der Waals surface area contributed by atoms with Gasteiger partial charge in [-0.3, -0.25) is 9.48 Å². The molecule has 1 aliphatic carbocycles. The van der Waals surface area contributed by atoms with E-state index in [2.05, 4.69) is 5.10 Å². The lowest BCUT2D eigenvalue weighted by Crippen LogP contribution is -2.14. The van der Waals surface area contributed by atoms with E-state index < -0.39 is 0 Å². The van der Waals surface area contributed by atoms with E-state index in [0.29, 0.717) is 18.9 Å². The van der Waals surface area contributed by atoms with Crippen LogP contribution >= 0.6 is 0 Å². The first-order chi connectivity index (χ1) is 8.69. The number of nitrogens with zero attached hydrogens (tertiary/aromatic N) is 2. The Labute approximate surface area is 108 Å². The van der Waals surface area contributed by atoms with Crippen LogP contribution in [0.15, 0.2) is 12.3 Å². The second-order valence-electron chi connectivity index (χ2n) is 5.19. The Hall–Kier alpha value is -1.16. The number of rotatable bonds is 6. The third-order valence-corrected chi connectivity index (χ3v) is 3.66. The first kappa shape index (κ1) is 13.3. The van der Waals surface area contributed by atoms with Gasteiger partial charge in [-0.2, -0.15) is 5.10 Å². The van der Waals surface area contributed by atoms with Crippen LogP contribution in [-0.4, -0.2) is 28.8 Å². The monoisotopic (exact) mass is 250 g/mol. The van der Waals surface area contributed by atoms with E-state index in [-0.39, 0.29) is 11.9 Å². The highest BCUT2D eigenvalue weighted by Crippen LogP contribution is 2.28. The molecule has 1 saturated carbocycles. The molecule has 0 radical (unpaired) electrons. The minimum atomic E-state index is -0.00517. The fourth-order valence-electron chi connectivity index (χ4n) is 2.52. The summed E-state index contributed by atoms with van der Waals surface area (Å²) < 4.78 is 7.14. The van der Waals surface area contributed by atoms with Gasteiger partial charge in [0, 0.05) is 19.7 Å². The zero-order valence-electron chi connectivity index (χ0n) is 11.3. The van der Waals surface area contributed by atoms with Gasteiger partial charge in [-0.25, -0.2) is 0 Å². The molecular formula is C14H22N2O2. The van der Waals surface area contributed by atoms with Gasteiger partial charge in [0.2, 0.25) is 0 Å². The number of hydrogen-bond acceptors (Lipinski definition) is 3. The molecule has 1 aromatic heterocycles. The number of aromatic nitrogens is 2. The molecular weight excluding hydrogens is 228 g/mol. The molecule has 0 saturated heterocycles. The molecule has 2 rings (SSSR count). The molecule has 0 aromatic carbocycles. The largest absolute Gasteiger partial charge is 0.381 e. The molecule has 1 aromatic rings. The van der Waals surface area contributed by atoms with Crippen LogP contribution in [0.1, 0.15) is 50.8 Å². The van der Waals surface area contributed by atoms with Crippen LogP contribution in [0.25, 0.3) is 0 Å². The Kier molecular flexibility index (Phi) is 4.53. The van der Waals surface area contributed by atoms with Crippen molar-refractivity contribution in [3.63, 3.8) is 0 Å². The highest BCUT2D eigenvalue weighted by atomic mass is 16.5. The van der Waals surface area contributed by atoms with Crippen LogP contribution in [0.5, 0.6) is 0 Å². The van der Waals surface area contributed by atoms with Gasteiger partial charge in [0.05, 0.1) is 24.3 Å². The van der Waals surface area contributed by atoms with Crippen LogP contribution in [0.2, 0.25) is 0 Å². The van der Waals surface area contributed by atoms with Crippen LogP contribution in [0.3, 0.4) is 0 Å². The first-order valence-corrected chi connectivity index (χ1v) is 6.77. The molecule has 1 fully saturated rings. The predicted octanol–water partition coefficient (Wildman–Crippen LogP) is 2.53. The summed E-state index contributed by atoms with van der Waals surface area (Å²) in [5, 5.41) is 4.52. The molecule has 4 nitrogen and oxygen atoms in total. The second-order valence-corrected chi connectivity index (χ2v) is 5.19. The quantitative estimate of drug-likeness (QED) is 0.779. The van der Waals surface area contributed by atoms with Gasteiger partial charge in [-0.1, -0.05) is 12.8 Å². The summed E-state index contributed by atoms with van der Waals surface area (Å²) in [6, 6.07) is 2.51. The molecule has 1 unspecified atom stereocenters. The van der Waals surface area contributed by atoms with Crippen molar-refractivity contribution in [2.75, 3.05) is 7.11 Å². The zero-order valence-corrected chi connectivity index (χ0v) is 11.3. The fraction of sp³-hybridized carbons (Fsp3) is 0.714. The second kappa shape index (κ2) is 6.14. The van der Waals surface area contributed by atoms with Crippen LogP contribution in [0.4, 0.5) is 0 Å². The predicted molar refractivity (Wildman–Crippen MR) is 69.5 cm³/mol. The van der Waals surface area contributed by atoms with E-state index in [9.17, 15) is 4.79 Å². The van der Waals surface area contributed by atoms with E-state index in [4.69, 9.17) is 4.74 Å². The Morgan fingerprint density at radius 1 is 1.56 bits per heavy atom. The number of ether oxygens (including phenoxy) is 1. The lowest BCUT2D eigenvalue weighted by Gasteiger charge is -2.09. The van der Waals surface area contributed by atoms with Crippen molar-refractivity contribution in [1.82, 2.24) is 9.78 Å². The summed E-state index contributed by atoms with van der Waals surface area (Å²) in [4.78, 5) is 11.8. The molecule has 0 N–H and O–H groups in total. The molecule has 0 aliphatic heterocycles. The lowest BCUT2D eigenvalue weighted by molar-refractivity contribution is -0.120. The summed E-state index contributed by atoms with van der Waals surface area (Å²) in [5.74, 6) is 0.195. The fourth-order valence-corrected chi connectivity index (χ4v) is 2.52. The molecule has 1 atom stereocenters. The Morgan fingerprint density at radius 3 is 2.94 bits per heavy atom. The number of carbonyl (C=O) groups excluding carboxylic acids is 1. The SMILES string of the molecule is COC(C)CC(=O)Cc1ccn(C2CCCC2)n1. The van der Waals surface area contributed by atoms with Gasteiger partial charge in [-0.15, -0.1) is 0 Å². The highest BCUT2D eigenvalue weighted by molar-refractivity contribution is 5.80. The summed E-state index contributed by atoms with van der Waals surface area (Å²) in [6.07, 6.45) is 7.92. The zero-order chi connectivity index (χ0) is 13.0. The normalized spacial score (nSPS) is 18.1. The van der Waals surface area contributed by atoms with Gasteiger partial charge in [0.1, 0.15) is 5.78 Å². The third-order valence-electron chi connectivity index (χ3n) is 3.66. The van der Waals surface area contributed by atoms with Crippen molar-refractivity contribution >= 4 is 5.78 Å². The third kappa shape index (κ3) is 3.42. The summed E-state index contributed by atoms with van der Waals surface area (Å²) >= 11 is 0. The Bertz CT molecular complexity index is 394. The topological polar surface area (TPSA) is 44.1 Å². The van der Waals surface area contributed by atoms with Gasteiger partial charge in [0.15, 0.2) is 0 Å². The molecule has 0 spiro atoms. The summed E-state index contributed by atoms with van der Waals surface area (Å²) in [7, 11) is 1.63. The maximum atomic E-state index is 11.8. The van der Waals surface area contributed by atoms with Crippen molar-refractivity contribution in [3.05, 3.63) is 18.0 Å². The van der Waals surface area contributed by atoms with Gasteiger partial charge in [-0.05, 0) is 25.8 Å². The molecule has 100 valence electrons. The molecule has 0 amide bonds. The average molecular weight is 250 g/mol. The molecule has 0 bridgehead atoms. The molecule has 4 heteroatoms. The number of Topliss-reactive ketones (excluding diaryl/α,β-unsaturated/α-hetero) is 1. The molecule has 1 heterocycles. The van der Waals surface area contributed by atoms with Crippen LogP contribution in [0, 0.1) is 0 Å². The Balaban J connectivity index is 1.88. The number of carbonyl (C=O) groups is 1. The highest BCUT2D eigenvalue weighted by Gasteiger charge is 2.18. The standard InChI is InChI=1S/C14H22N2O2/c1-11(18-2)9-14(17)10-12-7-8-16(15-12)13-5-3-4-6-13/h7-8,11,13H,3-6,9-10H2,1-2H3. The van der Waals surface area contributed by atoms with E-state index in [1.165, 1.54) is 25.7 Å². The van der Waals surface area contributed by atoms with Crippen molar-refractivity contribution in [2.24, 2.45) is 0 Å². The van der Waals surface area contributed by atoms with Crippen molar-refractivity contribution < 1.29 is 9.53 Å². The Morgan fingerprint density at radius 2 is 2.28 bits per heavy atom. The minimum Gasteiger partial charge on any atom is -0.381 e. The van der Waals surface area contributed by atoms with Crippen molar-refractivity contribution in [3.8, 4) is 0 Å². The van der Waals surface area contributed by atoms with E-state index >= 15 is 0 Å². The maximum Gasteiger partial charge on any atom is 0.141 e. The minimum absolute atomic E-state index is 0.00517. The van der Waals surface area contributed by atoms with E-state index in [1.807, 2.05) is 23.9 Å². The van der Waals surface area contributed by atoms with Crippen LogP contribution in [-0.2, 0) is 16.0 Å². The smallest absolute Gasteiger partial charge is 0.141 e. The molecule has 1 aliphatic rings. The number of hydrogen-bond donors (Lipinski definition) is 0. The van der Waals surface area contributed by atoms with Crippen molar-refractivity contribution in [1.29, 1.82) is 0 Å². The lowest BCUT2D eigenvalue weighted by atomic mass is 10.1. The molecule has 18 heavy (non-hydrogen) atoms. The van der Waals surface area contributed by atoms with Crippen LogP contribution < -0.4 is 0 Å². The maximum absolute atomic E-state index is 11.8. The number of ketones is 1. The summed E-state index contributed by atoms with van der Waals surface area (Å²) in [6.45, 7) is 1.91. The van der Waals surface area contributed by atoms with Gasteiger partial charge in [0.25, 0.3) is 0 Å². The first-order valence-electron chi connectivity index (χ1n) is 6.77. The van der Waals surface area contributed by atoms with Gasteiger partial charge >= 0.3 is 0 Å². The summed E-state index contributed by atoms with van der Waals surface area (Å²) in [5.41, 5.74) is 0.884. The van der Waals surface area contributed by atoms with Gasteiger partial charge < -0.3 is 4.74 Å². The van der Waals surface area contributed by atoms with E-state index in [0.717, 1.165) is 5.69 Å². The van der Waals surface area contributed by atoms with Crippen molar-refractivity contribution in [2.45, 2.75) is 57.6 Å².